The van der Waals surface area contributed by atoms with Gasteiger partial charge in [0.2, 0.25) is 0 Å². The van der Waals surface area contributed by atoms with Crippen molar-refractivity contribution in [1.29, 1.82) is 0 Å². The highest BCUT2D eigenvalue weighted by molar-refractivity contribution is 9.10. The third-order valence-corrected chi connectivity index (χ3v) is 3.21. The van der Waals surface area contributed by atoms with Crippen LogP contribution in [0, 0.1) is 5.92 Å². The van der Waals surface area contributed by atoms with Crippen LogP contribution in [0.4, 0.5) is 5.69 Å². The number of aliphatic hydroxyl groups excluding tert-OH is 1. The minimum Gasteiger partial charge on any atom is -0.478 e. The third kappa shape index (κ3) is 3.71. The molecule has 0 amide bonds. The Kier molecular flexibility index (Phi) is 4.96. The maximum Gasteiger partial charge on any atom is 0.335 e. The average Bonchev–Trinajstić information content (AvgIpc) is 2.26. The SMILES string of the molecule is CC(C)C(CO)Nc1ccc(C(=O)O)cc1Br. The number of hydrogen-bond donors (Lipinski definition) is 3. The first kappa shape index (κ1) is 14.0. The van der Waals surface area contributed by atoms with E-state index in [1.165, 1.54) is 6.07 Å². The van der Waals surface area contributed by atoms with Crippen molar-refractivity contribution in [3.8, 4) is 0 Å². The molecule has 0 saturated carbocycles. The van der Waals surface area contributed by atoms with Crippen molar-refractivity contribution in [1.82, 2.24) is 0 Å². The summed E-state index contributed by atoms with van der Waals surface area (Å²) < 4.78 is 0.677. The molecule has 4 nitrogen and oxygen atoms in total. The highest BCUT2D eigenvalue weighted by Crippen LogP contribution is 2.25. The maximum absolute atomic E-state index is 10.8. The molecule has 1 aromatic rings. The van der Waals surface area contributed by atoms with Crippen LogP contribution in [0.3, 0.4) is 0 Å². The van der Waals surface area contributed by atoms with Gasteiger partial charge in [-0.1, -0.05) is 13.8 Å². The highest BCUT2D eigenvalue weighted by Gasteiger charge is 2.14. The van der Waals surface area contributed by atoms with E-state index in [1.54, 1.807) is 12.1 Å². The number of carboxylic acids is 1. The minimum atomic E-state index is -0.959. The van der Waals surface area contributed by atoms with E-state index in [2.05, 4.69) is 21.2 Å². The monoisotopic (exact) mass is 301 g/mol. The number of carbonyl (C=O) groups is 1. The summed E-state index contributed by atoms with van der Waals surface area (Å²) in [4.78, 5) is 10.8. The van der Waals surface area contributed by atoms with E-state index >= 15 is 0 Å². The number of nitrogens with one attached hydrogen (secondary N) is 1. The first-order chi connectivity index (χ1) is 7.95. The predicted molar refractivity (Wildman–Crippen MR) is 70.4 cm³/mol. The van der Waals surface area contributed by atoms with Gasteiger partial charge in [0, 0.05) is 10.2 Å². The second-order valence-electron chi connectivity index (χ2n) is 4.18. The van der Waals surface area contributed by atoms with Crippen molar-refractivity contribution in [2.24, 2.45) is 5.92 Å². The van der Waals surface area contributed by atoms with Gasteiger partial charge in [0.1, 0.15) is 0 Å². The van der Waals surface area contributed by atoms with Crippen molar-refractivity contribution >= 4 is 27.6 Å². The summed E-state index contributed by atoms with van der Waals surface area (Å²) in [7, 11) is 0. The molecular weight excluding hydrogens is 286 g/mol. The van der Waals surface area contributed by atoms with E-state index in [-0.39, 0.29) is 24.1 Å². The van der Waals surface area contributed by atoms with Crippen LogP contribution in [0.15, 0.2) is 22.7 Å². The minimum absolute atomic E-state index is 0.0325. The van der Waals surface area contributed by atoms with Gasteiger partial charge < -0.3 is 15.5 Å². The molecule has 0 saturated heterocycles. The Labute approximate surface area is 109 Å². The molecule has 0 aliphatic heterocycles. The molecule has 3 N–H and O–H groups in total. The molecule has 0 fully saturated rings. The van der Waals surface area contributed by atoms with Crippen molar-refractivity contribution in [2.45, 2.75) is 19.9 Å². The van der Waals surface area contributed by atoms with Gasteiger partial charge in [0.25, 0.3) is 0 Å². The van der Waals surface area contributed by atoms with E-state index in [0.717, 1.165) is 5.69 Å². The number of anilines is 1. The molecule has 0 aromatic heterocycles. The number of rotatable bonds is 5. The van der Waals surface area contributed by atoms with Crippen LogP contribution in [0.1, 0.15) is 24.2 Å². The fraction of sp³-hybridized carbons (Fsp3) is 0.417. The van der Waals surface area contributed by atoms with Gasteiger partial charge in [-0.25, -0.2) is 4.79 Å². The largest absolute Gasteiger partial charge is 0.478 e. The average molecular weight is 302 g/mol. The van der Waals surface area contributed by atoms with E-state index < -0.39 is 5.97 Å². The highest BCUT2D eigenvalue weighted by atomic mass is 79.9. The Morgan fingerprint density at radius 3 is 2.53 bits per heavy atom. The Morgan fingerprint density at radius 2 is 2.12 bits per heavy atom. The molecule has 0 radical (unpaired) electrons. The van der Waals surface area contributed by atoms with Crippen LogP contribution in [0.25, 0.3) is 0 Å². The smallest absolute Gasteiger partial charge is 0.335 e. The van der Waals surface area contributed by atoms with Gasteiger partial charge in [0.05, 0.1) is 18.2 Å². The number of carboxylic acid groups (broad SMARTS) is 1. The topological polar surface area (TPSA) is 69.6 Å². The molecule has 0 bridgehead atoms. The number of hydrogen-bond acceptors (Lipinski definition) is 3. The zero-order chi connectivity index (χ0) is 13.0. The second-order valence-corrected chi connectivity index (χ2v) is 5.03. The summed E-state index contributed by atoms with van der Waals surface area (Å²) in [6, 6.07) is 4.71. The molecular formula is C12H16BrNO3. The molecule has 0 aliphatic rings. The van der Waals surface area contributed by atoms with Crippen molar-refractivity contribution < 1.29 is 15.0 Å². The van der Waals surface area contributed by atoms with Gasteiger partial charge in [-0.3, -0.25) is 0 Å². The summed E-state index contributed by atoms with van der Waals surface area (Å²) in [5.41, 5.74) is 1.01. The van der Waals surface area contributed by atoms with Crippen LogP contribution >= 0.6 is 15.9 Å². The molecule has 0 aliphatic carbocycles. The van der Waals surface area contributed by atoms with Gasteiger partial charge in [-0.2, -0.15) is 0 Å². The Balaban J connectivity index is 2.89. The van der Waals surface area contributed by atoms with Crippen LogP contribution in [-0.4, -0.2) is 28.8 Å². The molecule has 17 heavy (non-hydrogen) atoms. The molecule has 1 aromatic carbocycles. The summed E-state index contributed by atoms with van der Waals surface area (Å²) in [5, 5.41) is 21.2. The zero-order valence-electron chi connectivity index (χ0n) is 9.77. The van der Waals surface area contributed by atoms with Crippen molar-refractivity contribution in [3.63, 3.8) is 0 Å². The van der Waals surface area contributed by atoms with E-state index in [1.807, 2.05) is 13.8 Å². The first-order valence-electron chi connectivity index (χ1n) is 5.36. The maximum atomic E-state index is 10.8. The van der Waals surface area contributed by atoms with Gasteiger partial charge in [0.15, 0.2) is 0 Å². The number of halogens is 1. The van der Waals surface area contributed by atoms with Crippen LogP contribution in [-0.2, 0) is 0 Å². The van der Waals surface area contributed by atoms with Gasteiger partial charge in [-0.05, 0) is 40.0 Å². The van der Waals surface area contributed by atoms with Crippen molar-refractivity contribution in [2.75, 3.05) is 11.9 Å². The fourth-order valence-corrected chi connectivity index (χ4v) is 1.88. The Hall–Kier alpha value is -1.07. The molecule has 0 spiro atoms. The second kappa shape index (κ2) is 6.02. The first-order valence-corrected chi connectivity index (χ1v) is 6.15. The fourth-order valence-electron chi connectivity index (χ4n) is 1.39. The van der Waals surface area contributed by atoms with Crippen LogP contribution < -0.4 is 5.32 Å². The van der Waals surface area contributed by atoms with Crippen molar-refractivity contribution in [3.05, 3.63) is 28.2 Å². The van der Waals surface area contributed by atoms with E-state index in [9.17, 15) is 9.90 Å². The molecule has 1 rings (SSSR count). The lowest BCUT2D eigenvalue weighted by atomic mass is 10.0. The molecule has 5 heteroatoms. The summed E-state index contributed by atoms with van der Waals surface area (Å²) in [6.45, 7) is 4.05. The molecule has 1 atom stereocenters. The lowest BCUT2D eigenvalue weighted by molar-refractivity contribution is 0.0697. The summed E-state index contributed by atoms with van der Waals surface area (Å²) in [5.74, 6) is -0.675. The summed E-state index contributed by atoms with van der Waals surface area (Å²) in [6.07, 6.45) is 0. The molecule has 1 unspecified atom stereocenters. The van der Waals surface area contributed by atoms with Gasteiger partial charge >= 0.3 is 5.97 Å². The molecule has 0 heterocycles. The van der Waals surface area contributed by atoms with Crippen LogP contribution in [0.2, 0.25) is 0 Å². The third-order valence-electron chi connectivity index (χ3n) is 2.56. The van der Waals surface area contributed by atoms with E-state index in [0.29, 0.717) is 4.47 Å². The molecule has 94 valence electrons. The number of aliphatic hydroxyl groups is 1. The lowest BCUT2D eigenvalue weighted by Crippen LogP contribution is -2.29. The Bertz CT molecular complexity index is 407. The lowest BCUT2D eigenvalue weighted by Gasteiger charge is -2.22. The van der Waals surface area contributed by atoms with Crippen LogP contribution in [0.5, 0.6) is 0 Å². The standard InChI is InChI=1S/C12H16BrNO3/c1-7(2)11(6-15)14-10-4-3-8(12(16)17)5-9(10)13/h3-5,7,11,14-15H,6H2,1-2H3,(H,16,17). The quantitative estimate of drug-likeness (QED) is 0.782. The number of aromatic carboxylic acids is 1. The normalized spacial score (nSPS) is 12.5. The number of benzene rings is 1. The van der Waals surface area contributed by atoms with E-state index in [4.69, 9.17) is 5.11 Å². The summed E-state index contributed by atoms with van der Waals surface area (Å²) >= 11 is 3.31. The zero-order valence-corrected chi connectivity index (χ0v) is 11.4. The predicted octanol–water partition coefficient (Wildman–Crippen LogP) is 2.58. The van der Waals surface area contributed by atoms with Gasteiger partial charge in [-0.15, -0.1) is 0 Å². The Morgan fingerprint density at radius 1 is 1.47 bits per heavy atom.